The van der Waals surface area contributed by atoms with Crippen molar-refractivity contribution in [3.05, 3.63) is 59.3 Å². The van der Waals surface area contributed by atoms with Crippen molar-refractivity contribution in [2.75, 3.05) is 11.4 Å². The molecule has 3 nitrogen and oxygen atoms in total. The molecule has 3 rings (SSSR count). The Bertz CT molecular complexity index is 642. The van der Waals surface area contributed by atoms with E-state index in [-0.39, 0.29) is 6.04 Å². The van der Waals surface area contributed by atoms with Crippen LogP contribution in [0.15, 0.2) is 42.6 Å². The summed E-state index contributed by atoms with van der Waals surface area (Å²) in [6.45, 7) is 3.08. The molecule has 0 fully saturated rings. The summed E-state index contributed by atoms with van der Waals surface area (Å²) in [4.78, 5) is 6.62. The van der Waals surface area contributed by atoms with E-state index in [2.05, 4.69) is 47.1 Å². The molecular formula is C16H15N3. The minimum Gasteiger partial charge on any atom is -0.348 e. The highest BCUT2D eigenvalue weighted by Gasteiger charge is 2.25. The van der Waals surface area contributed by atoms with E-state index in [1.807, 2.05) is 12.1 Å². The smallest absolute Gasteiger partial charge is 0.146 e. The summed E-state index contributed by atoms with van der Waals surface area (Å²) in [6, 6.07) is 14.6. The van der Waals surface area contributed by atoms with Crippen LogP contribution in [0.4, 0.5) is 5.82 Å². The van der Waals surface area contributed by atoms with Gasteiger partial charge < -0.3 is 4.90 Å². The summed E-state index contributed by atoms with van der Waals surface area (Å²) in [5, 5.41) is 9.21. The first-order valence-corrected chi connectivity index (χ1v) is 6.51. The summed E-state index contributed by atoms with van der Waals surface area (Å²) in [7, 11) is 0. The first-order chi connectivity index (χ1) is 9.31. The molecule has 1 aliphatic rings. The lowest BCUT2D eigenvalue weighted by molar-refractivity contribution is 0.616. The molecule has 1 aromatic carbocycles. The Labute approximate surface area is 113 Å². The number of aromatic nitrogens is 1. The number of anilines is 1. The van der Waals surface area contributed by atoms with Gasteiger partial charge in [0.2, 0.25) is 0 Å². The summed E-state index contributed by atoms with van der Waals surface area (Å²) < 4.78 is 0. The van der Waals surface area contributed by atoms with E-state index in [0.29, 0.717) is 5.56 Å². The maximum absolute atomic E-state index is 9.21. The van der Waals surface area contributed by atoms with Crippen molar-refractivity contribution in [1.82, 2.24) is 4.98 Å². The normalized spacial score (nSPS) is 17.7. The molecule has 1 aromatic heterocycles. The van der Waals surface area contributed by atoms with Crippen molar-refractivity contribution in [1.29, 1.82) is 5.26 Å². The number of pyridine rings is 1. The topological polar surface area (TPSA) is 39.9 Å². The third-order valence-corrected chi connectivity index (χ3v) is 3.77. The Morgan fingerprint density at radius 2 is 2.11 bits per heavy atom. The standard InChI is InChI=1S/C16H15N3/c1-12-15-7-3-2-5-13(15)8-10-19(12)16-14(11-17)6-4-9-18-16/h2-7,9,12H,8,10H2,1H3. The van der Waals surface area contributed by atoms with Gasteiger partial charge >= 0.3 is 0 Å². The van der Waals surface area contributed by atoms with Gasteiger partial charge in [-0.15, -0.1) is 0 Å². The zero-order chi connectivity index (χ0) is 13.2. The molecule has 0 saturated carbocycles. The molecule has 94 valence electrons. The van der Waals surface area contributed by atoms with Crippen LogP contribution in [0, 0.1) is 11.3 Å². The third-order valence-electron chi connectivity index (χ3n) is 3.77. The summed E-state index contributed by atoms with van der Waals surface area (Å²) >= 11 is 0. The second kappa shape index (κ2) is 4.74. The van der Waals surface area contributed by atoms with Gasteiger partial charge in [-0.3, -0.25) is 0 Å². The monoisotopic (exact) mass is 249 g/mol. The van der Waals surface area contributed by atoms with Crippen LogP contribution < -0.4 is 4.90 Å². The average molecular weight is 249 g/mol. The molecule has 0 saturated heterocycles. The van der Waals surface area contributed by atoms with Crippen LogP contribution in [-0.4, -0.2) is 11.5 Å². The van der Waals surface area contributed by atoms with Crippen LogP contribution in [0.25, 0.3) is 0 Å². The number of nitriles is 1. The summed E-state index contributed by atoms with van der Waals surface area (Å²) in [5.41, 5.74) is 3.39. The van der Waals surface area contributed by atoms with Gasteiger partial charge in [0.1, 0.15) is 11.9 Å². The first-order valence-electron chi connectivity index (χ1n) is 6.51. The first kappa shape index (κ1) is 11.7. The molecule has 0 spiro atoms. The number of fused-ring (bicyclic) bond motifs is 1. The van der Waals surface area contributed by atoms with Crippen molar-refractivity contribution in [3.8, 4) is 6.07 Å². The number of hydrogen-bond acceptors (Lipinski definition) is 3. The van der Waals surface area contributed by atoms with Crippen molar-refractivity contribution in [2.24, 2.45) is 0 Å². The second-order valence-electron chi connectivity index (χ2n) is 4.80. The Hall–Kier alpha value is -2.34. The molecule has 1 aliphatic heterocycles. The number of rotatable bonds is 1. The maximum Gasteiger partial charge on any atom is 0.146 e. The second-order valence-corrected chi connectivity index (χ2v) is 4.80. The molecular weight excluding hydrogens is 234 g/mol. The predicted molar refractivity (Wildman–Crippen MR) is 74.9 cm³/mol. The van der Waals surface area contributed by atoms with Crippen molar-refractivity contribution in [2.45, 2.75) is 19.4 Å². The minimum atomic E-state index is 0.256. The number of benzene rings is 1. The third kappa shape index (κ3) is 1.96. The quantitative estimate of drug-likeness (QED) is 0.779. The molecule has 0 bridgehead atoms. The molecule has 0 amide bonds. The van der Waals surface area contributed by atoms with Crippen LogP contribution in [0.1, 0.15) is 29.7 Å². The zero-order valence-electron chi connectivity index (χ0n) is 10.9. The minimum absolute atomic E-state index is 0.256. The fraction of sp³-hybridized carbons (Fsp3) is 0.250. The molecule has 1 unspecified atom stereocenters. The van der Waals surface area contributed by atoms with Crippen LogP contribution in [0.2, 0.25) is 0 Å². The van der Waals surface area contributed by atoms with Crippen LogP contribution in [-0.2, 0) is 6.42 Å². The molecule has 0 aliphatic carbocycles. The predicted octanol–water partition coefficient (Wildman–Crippen LogP) is 3.08. The highest BCUT2D eigenvalue weighted by atomic mass is 15.2. The molecule has 19 heavy (non-hydrogen) atoms. The number of hydrogen-bond donors (Lipinski definition) is 0. The SMILES string of the molecule is CC1c2ccccc2CCN1c1ncccc1C#N. The van der Waals surface area contributed by atoms with Crippen LogP contribution in [0.5, 0.6) is 0 Å². The van der Waals surface area contributed by atoms with Gasteiger partial charge in [0.15, 0.2) is 0 Å². The van der Waals surface area contributed by atoms with E-state index >= 15 is 0 Å². The van der Waals surface area contributed by atoms with Gasteiger partial charge in [0, 0.05) is 12.7 Å². The van der Waals surface area contributed by atoms with Gasteiger partial charge in [0.05, 0.1) is 11.6 Å². The Kier molecular flexibility index (Phi) is 2.92. The largest absolute Gasteiger partial charge is 0.348 e. The lowest BCUT2D eigenvalue weighted by atomic mass is 9.93. The van der Waals surface area contributed by atoms with E-state index in [4.69, 9.17) is 0 Å². The molecule has 1 atom stereocenters. The fourth-order valence-corrected chi connectivity index (χ4v) is 2.77. The van der Waals surface area contributed by atoms with E-state index in [0.717, 1.165) is 18.8 Å². The molecule has 0 radical (unpaired) electrons. The van der Waals surface area contributed by atoms with E-state index in [1.165, 1.54) is 11.1 Å². The van der Waals surface area contributed by atoms with Crippen molar-refractivity contribution in [3.63, 3.8) is 0 Å². The van der Waals surface area contributed by atoms with E-state index in [9.17, 15) is 5.26 Å². The fourth-order valence-electron chi connectivity index (χ4n) is 2.77. The van der Waals surface area contributed by atoms with Crippen molar-refractivity contribution < 1.29 is 0 Å². The molecule has 3 heteroatoms. The van der Waals surface area contributed by atoms with Gasteiger partial charge in [-0.1, -0.05) is 24.3 Å². The highest BCUT2D eigenvalue weighted by molar-refractivity contribution is 5.56. The van der Waals surface area contributed by atoms with E-state index in [1.54, 1.807) is 6.20 Å². The Morgan fingerprint density at radius 1 is 1.26 bits per heavy atom. The molecule has 2 aromatic rings. The Morgan fingerprint density at radius 3 is 2.95 bits per heavy atom. The number of nitrogens with zero attached hydrogens (tertiary/aromatic N) is 3. The van der Waals surface area contributed by atoms with Gasteiger partial charge in [-0.05, 0) is 36.6 Å². The zero-order valence-corrected chi connectivity index (χ0v) is 10.9. The lowest BCUT2D eigenvalue weighted by Crippen LogP contribution is -2.35. The van der Waals surface area contributed by atoms with Gasteiger partial charge in [-0.25, -0.2) is 4.98 Å². The van der Waals surface area contributed by atoms with Crippen LogP contribution in [0.3, 0.4) is 0 Å². The molecule has 0 N–H and O–H groups in total. The van der Waals surface area contributed by atoms with E-state index < -0.39 is 0 Å². The molecule has 2 heterocycles. The highest BCUT2D eigenvalue weighted by Crippen LogP contribution is 2.33. The van der Waals surface area contributed by atoms with Gasteiger partial charge in [-0.2, -0.15) is 5.26 Å². The summed E-state index contributed by atoms with van der Waals surface area (Å²) in [6.07, 6.45) is 2.76. The average Bonchev–Trinajstić information content (AvgIpc) is 2.48. The summed E-state index contributed by atoms with van der Waals surface area (Å²) in [5.74, 6) is 0.798. The lowest BCUT2D eigenvalue weighted by Gasteiger charge is -2.36. The van der Waals surface area contributed by atoms with Crippen LogP contribution >= 0.6 is 0 Å². The Balaban J connectivity index is 2.03. The van der Waals surface area contributed by atoms with Gasteiger partial charge in [0.25, 0.3) is 0 Å². The maximum atomic E-state index is 9.21. The van der Waals surface area contributed by atoms with Crippen molar-refractivity contribution >= 4 is 5.82 Å².